The first-order valence-corrected chi connectivity index (χ1v) is 5.35. The molecule has 2 rings (SSSR count). The van der Waals surface area contributed by atoms with Gasteiger partial charge in [0.1, 0.15) is 5.69 Å². The minimum atomic E-state index is -0.134. The van der Waals surface area contributed by atoms with Crippen LogP contribution in [-0.2, 0) is 0 Å². The van der Waals surface area contributed by atoms with Gasteiger partial charge >= 0.3 is 0 Å². The maximum Gasteiger partial charge on any atom is 0.181 e. The van der Waals surface area contributed by atoms with E-state index in [-0.39, 0.29) is 5.78 Å². The lowest BCUT2D eigenvalue weighted by atomic mass is 10.1. The van der Waals surface area contributed by atoms with Crippen molar-refractivity contribution in [3.63, 3.8) is 0 Å². The van der Waals surface area contributed by atoms with Gasteiger partial charge in [-0.25, -0.2) is 0 Å². The number of hydrogen-bond donors (Lipinski definition) is 0. The molecular weight excluding hydrogens is 234 g/mol. The fourth-order valence-corrected chi connectivity index (χ4v) is 1.57. The van der Waals surface area contributed by atoms with E-state index in [1.807, 2.05) is 6.07 Å². The molecule has 94 valence electrons. The summed E-state index contributed by atoms with van der Waals surface area (Å²) < 4.78 is 15.5. The number of nitrogens with zero attached hydrogens (tertiary/aromatic N) is 1. The topological polar surface area (TPSA) is 61.6 Å². The fourth-order valence-electron chi connectivity index (χ4n) is 1.57. The summed E-state index contributed by atoms with van der Waals surface area (Å²) in [6, 6.07) is 6.95. The highest BCUT2D eigenvalue weighted by Gasteiger charge is 2.12. The molecular formula is C13H13NO4. The molecule has 0 aliphatic carbocycles. The number of hydrogen-bond acceptors (Lipinski definition) is 5. The zero-order chi connectivity index (χ0) is 13.1. The van der Waals surface area contributed by atoms with Crippen molar-refractivity contribution < 1.29 is 18.8 Å². The normalized spacial score (nSPS) is 10.2. The number of rotatable bonds is 4. The summed E-state index contributed by atoms with van der Waals surface area (Å²) in [4.78, 5) is 11.1. The molecule has 0 fully saturated rings. The highest BCUT2D eigenvalue weighted by molar-refractivity contribution is 5.92. The molecule has 1 heterocycles. The summed E-state index contributed by atoms with van der Waals surface area (Å²) in [6.07, 6.45) is 0. The lowest BCUT2D eigenvalue weighted by Gasteiger charge is -2.07. The number of benzene rings is 1. The van der Waals surface area contributed by atoms with E-state index in [1.165, 1.54) is 6.92 Å². The van der Waals surface area contributed by atoms with Crippen LogP contribution in [0.2, 0.25) is 0 Å². The summed E-state index contributed by atoms with van der Waals surface area (Å²) in [7, 11) is 3.13. The van der Waals surface area contributed by atoms with Gasteiger partial charge in [-0.3, -0.25) is 4.79 Å². The molecule has 0 N–H and O–H groups in total. The molecule has 0 amide bonds. The molecule has 0 saturated carbocycles. The van der Waals surface area contributed by atoms with Crippen LogP contribution >= 0.6 is 0 Å². The molecule has 5 heteroatoms. The van der Waals surface area contributed by atoms with Crippen LogP contribution in [0.4, 0.5) is 0 Å². The molecule has 5 nitrogen and oxygen atoms in total. The smallest absolute Gasteiger partial charge is 0.181 e. The van der Waals surface area contributed by atoms with E-state index in [2.05, 4.69) is 5.16 Å². The number of Topliss-reactive ketones (excluding diaryl/α,β-unsaturated/α-hetero) is 1. The second-order valence-corrected chi connectivity index (χ2v) is 3.70. The van der Waals surface area contributed by atoms with Crippen LogP contribution in [-0.4, -0.2) is 25.2 Å². The molecule has 1 aromatic heterocycles. The average molecular weight is 247 g/mol. The monoisotopic (exact) mass is 247 g/mol. The van der Waals surface area contributed by atoms with Crippen LogP contribution in [0.15, 0.2) is 28.8 Å². The summed E-state index contributed by atoms with van der Waals surface area (Å²) in [5.41, 5.74) is 1.08. The third-order valence-electron chi connectivity index (χ3n) is 2.54. The van der Waals surface area contributed by atoms with E-state index < -0.39 is 0 Å². The van der Waals surface area contributed by atoms with Gasteiger partial charge < -0.3 is 14.0 Å². The SMILES string of the molecule is COc1ccc(-c2cc(C(C)=O)no2)cc1OC. The zero-order valence-electron chi connectivity index (χ0n) is 10.4. The predicted molar refractivity (Wildman–Crippen MR) is 65.0 cm³/mol. The minimum absolute atomic E-state index is 0.134. The van der Waals surface area contributed by atoms with Gasteiger partial charge in [-0.2, -0.15) is 0 Å². The van der Waals surface area contributed by atoms with Crippen LogP contribution < -0.4 is 9.47 Å². The van der Waals surface area contributed by atoms with E-state index in [9.17, 15) is 4.79 Å². The molecule has 0 aliphatic rings. The number of ketones is 1. The van der Waals surface area contributed by atoms with E-state index >= 15 is 0 Å². The maximum absolute atomic E-state index is 11.1. The third-order valence-corrected chi connectivity index (χ3v) is 2.54. The van der Waals surface area contributed by atoms with Crippen molar-refractivity contribution in [1.82, 2.24) is 5.16 Å². The van der Waals surface area contributed by atoms with Crippen molar-refractivity contribution >= 4 is 5.78 Å². The van der Waals surface area contributed by atoms with Gasteiger partial charge in [-0.1, -0.05) is 5.16 Å². The summed E-state index contributed by atoms with van der Waals surface area (Å²) in [5.74, 6) is 1.61. The summed E-state index contributed by atoms with van der Waals surface area (Å²) >= 11 is 0. The van der Waals surface area contributed by atoms with Crippen molar-refractivity contribution in [3.8, 4) is 22.8 Å². The molecule has 0 radical (unpaired) electrons. The van der Waals surface area contributed by atoms with Crippen LogP contribution in [0, 0.1) is 0 Å². The zero-order valence-corrected chi connectivity index (χ0v) is 10.4. The second kappa shape index (κ2) is 4.91. The Morgan fingerprint density at radius 1 is 1.17 bits per heavy atom. The van der Waals surface area contributed by atoms with Gasteiger partial charge in [0.05, 0.1) is 14.2 Å². The first-order chi connectivity index (χ1) is 8.65. The second-order valence-electron chi connectivity index (χ2n) is 3.70. The Morgan fingerprint density at radius 2 is 1.89 bits per heavy atom. The van der Waals surface area contributed by atoms with Crippen molar-refractivity contribution in [2.24, 2.45) is 0 Å². The van der Waals surface area contributed by atoms with E-state index in [0.717, 1.165) is 5.56 Å². The third kappa shape index (κ3) is 2.20. The first kappa shape index (κ1) is 12.2. The molecule has 2 aromatic rings. The molecule has 0 spiro atoms. The summed E-state index contributed by atoms with van der Waals surface area (Å²) in [5, 5.41) is 3.69. The van der Waals surface area contributed by atoms with Crippen LogP contribution in [0.25, 0.3) is 11.3 Å². The number of carbonyl (C=O) groups is 1. The fraction of sp³-hybridized carbons (Fsp3) is 0.231. The van der Waals surface area contributed by atoms with E-state index in [1.54, 1.807) is 32.4 Å². The van der Waals surface area contributed by atoms with Gasteiger partial charge in [0.2, 0.25) is 0 Å². The van der Waals surface area contributed by atoms with Crippen LogP contribution in [0.1, 0.15) is 17.4 Å². The van der Waals surface area contributed by atoms with Crippen molar-refractivity contribution in [2.75, 3.05) is 14.2 Å². The highest BCUT2D eigenvalue weighted by Crippen LogP contribution is 2.32. The number of ether oxygens (including phenoxy) is 2. The van der Waals surface area contributed by atoms with Crippen LogP contribution in [0.5, 0.6) is 11.5 Å². The lowest BCUT2D eigenvalue weighted by molar-refractivity contribution is 0.100. The Kier molecular flexibility index (Phi) is 3.32. The standard InChI is InChI=1S/C13H13NO4/c1-8(15)10-7-12(18-14-10)9-4-5-11(16-2)13(6-9)17-3/h4-7H,1-3H3. The van der Waals surface area contributed by atoms with Gasteiger partial charge in [-0.15, -0.1) is 0 Å². The quantitative estimate of drug-likeness (QED) is 0.777. The molecule has 1 aromatic carbocycles. The first-order valence-electron chi connectivity index (χ1n) is 5.35. The number of aromatic nitrogens is 1. The van der Waals surface area contributed by atoms with Crippen molar-refractivity contribution in [2.45, 2.75) is 6.92 Å². The van der Waals surface area contributed by atoms with Crippen LogP contribution in [0.3, 0.4) is 0 Å². The Bertz CT molecular complexity index is 574. The Labute approximate surface area is 104 Å². The van der Waals surface area contributed by atoms with Gasteiger partial charge in [0, 0.05) is 18.6 Å². The summed E-state index contributed by atoms with van der Waals surface area (Å²) in [6.45, 7) is 1.44. The largest absolute Gasteiger partial charge is 0.493 e. The predicted octanol–water partition coefficient (Wildman–Crippen LogP) is 2.56. The Morgan fingerprint density at radius 3 is 2.44 bits per heavy atom. The van der Waals surface area contributed by atoms with Crippen molar-refractivity contribution in [1.29, 1.82) is 0 Å². The number of carbonyl (C=O) groups excluding carboxylic acids is 1. The van der Waals surface area contributed by atoms with Gasteiger partial charge in [0.25, 0.3) is 0 Å². The lowest BCUT2D eigenvalue weighted by Crippen LogP contribution is -1.90. The average Bonchev–Trinajstić information content (AvgIpc) is 2.87. The van der Waals surface area contributed by atoms with E-state index in [4.69, 9.17) is 14.0 Å². The maximum atomic E-state index is 11.1. The number of methoxy groups -OCH3 is 2. The Balaban J connectivity index is 2.41. The molecule has 0 atom stereocenters. The van der Waals surface area contributed by atoms with Crippen molar-refractivity contribution in [3.05, 3.63) is 30.0 Å². The molecule has 0 saturated heterocycles. The molecule has 18 heavy (non-hydrogen) atoms. The molecule has 0 bridgehead atoms. The Hall–Kier alpha value is -2.30. The van der Waals surface area contributed by atoms with E-state index in [0.29, 0.717) is 23.0 Å². The van der Waals surface area contributed by atoms with Gasteiger partial charge in [0.15, 0.2) is 23.0 Å². The molecule has 0 unspecified atom stereocenters. The minimum Gasteiger partial charge on any atom is -0.493 e. The molecule has 0 aliphatic heterocycles. The van der Waals surface area contributed by atoms with Gasteiger partial charge in [-0.05, 0) is 18.2 Å². The highest BCUT2D eigenvalue weighted by atomic mass is 16.5.